The van der Waals surface area contributed by atoms with Gasteiger partial charge in [-0.25, -0.2) is 9.36 Å². The van der Waals surface area contributed by atoms with Gasteiger partial charge in [-0.15, -0.1) is 0 Å². The summed E-state index contributed by atoms with van der Waals surface area (Å²) in [7, 11) is 26.5. The molecule has 41 nitrogen and oxygen atoms in total. The van der Waals surface area contributed by atoms with Crippen LogP contribution in [0.2, 0.25) is 12.1 Å². The average molecular weight is 1660 g/mol. The molecule has 0 saturated carbocycles. The molecule has 6 rings (SSSR count). The average Bonchev–Trinajstić information content (AvgIpc) is 1.68. The Bertz CT molecular complexity index is 2040. The Morgan fingerprint density at radius 2 is 0.716 bits per heavy atom. The van der Waals surface area contributed by atoms with Crippen LogP contribution in [0.25, 0.3) is 11.6 Å². The molecule has 0 aliphatic carbocycles. The van der Waals surface area contributed by atoms with Crippen LogP contribution in [-0.4, -0.2) is 415 Å². The second kappa shape index (κ2) is 128. The zero-order chi connectivity index (χ0) is 88.9. The van der Waals surface area contributed by atoms with E-state index in [9.17, 15) is 10.2 Å². The number of rotatable bonds is 33. The Balaban J connectivity index is -0.0000000622. The Morgan fingerprint density at radius 1 is 0.413 bits per heavy atom. The van der Waals surface area contributed by atoms with E-state index in [1.165, 1.54) is 0 Å². The molecule has 664 valence electrons. The van der Waals surface area contributed by atoms with Gasteiger partial charge in [0.15, 0.2) is 11.6 Å². The zero-order valence-electron chi connectivity index (χ0n) is 72.3. The monoisotopic (exact) mass is 1660 g/mol. The number of aliphatic hydroxyl groups excluding tert-OH is 19. The minimum atomic E-state index is -2.56. The van der Waals surface area contributed by atoms with E-state index in [-0.39, 0.29) is 49.4 Å². The van der Waals surface area contributed by atoms with Crippen LogP contribution in [0.15, 0.2) is 24.3 Å². The summed E-state index contributed by atoms with van der Waals surface area (Å²) in [6.07, 6.45) is 3.78. The maximum atomic E-state index is 10.7. The smallest absolute Gasteiger partial charge is 0.850 e. The first-order valence-electron chi connectivity index (χ1n) is 32.5. The summed E-state index contributed by atoms with van der Waals surface area (Å²) in [5, 5.41) is 164. The van der Waals surface area contributed by atoms with E-state index in [1.807, 2.05) is 71.6 Å². The Hall–Kier alpha value is -3.05. The van der Waals surface area contributed by atoms with Gasteiger partial charge in [-0.3, -0.25) is 9.36 Å². The predicted octanol–water partition coefficient (Wildman–Crippen LogP) is -6.69. The van der Waals surface area contributed by atoms with Crippen molar-refractivity contribution < 1.29 is 191 Å². The molecule has 4 aromatic heterocycles. The molecule has 0 aromatic carbocycles. The van der Waals surface area contributed by atoms with Crippen molar-refractivity contribution in [2.45, 2.75) is 104 Å². The van der Waals surface area contributed by atoms with Gasteiger partial charge in [-0.1, -0.05) is 6.61 Å². The third kappa shape index (κ3) is 88.8. The Labute approximate surface area is 676 Å². The number of ether oxygens (including phenoxy) is 7. The van der Waals surface area contributed by atoms with Crippen LogP contribution in [-0.2, 0) is 87.0 Å². The summed E-state index contributed by atoms with van der Waals surface area (Å²) in [5.74, 6) is 1.53. The molecule has 2 fully saturated rings. The van der Waals surface area contributed by atoms with Gasteiger partial charge in [0.1, 0.15) is 12.2 Å². The van der Waals surface area contributed by atoms with Gasteiger partial charge in [0, 0.05) is 277 Å². The van der Waals surface area contributed by atoms with Crippen molar-refractivity contribution in [2.75, 3.05) is 243 Å². The van der Waals surface area contributed by atoms with Crippen molar-refractivity contribution in [3.8, 4) is 11.6 Å². The van der Waals surface area contributed by atoms with E-state index in [1.54, 1.807) is 62.8 Å². The Kier molecular flexibility index (Phi) is 174. The van der Waals surface area contributed by atoms with E-state index in [0.717, 1.165) is 239 Å². The zero-order valence-corrected chi connectivity index (χ0v) is 76.3. The van der Waals surface area contributed by atoms with E-state index in [2.05, 4.69) is 20.4 Å². The van der Waals surface area contributed by atoms with E-state index < -0.39 is 23.7 Å². The quantitative estimate of drug-likeness (QED) is 0.0120. The fourth-order valence-electron chi connectivity index (χ4n) is 6.77. The normalized spacial score (nSPS) is 11.3. The SMILES string of the molecule is CCOCCCOCCC1CO1.CO.CO.CO.CO.CO.CO.CO.CO.CO.CO.CO.CO.CO.CO.CO.CO.CO.CO.CO[Si](CCCOCC(O)COCc1cc(C)n(-c2cc(C)n(C)n2)n1)(OC)OC.CO[Si](CCCOCC1CO1)(OC)OC.Cc1cc(-n2nc(C[O-])cc2C)nn1C.[Na+]. The molecule has 2 aliphatic rings. The number of aryl methyl sites for hydroxylation is 6. The molecule has 19 N–H and O–H groups in total. The fourth-order valence-corrected chi connectivity index (χ4v) is 10.2. The molecular formula is C65H157N8NaO33Si2. The van der Waals surface area contributed by atoms with Gasteiger partial charge in [-0.2, -0.15) is 20.4 Å². The van der Waals surface area contributed by atoms with Gasteiger partial charge in [0.25, 0.3) is 0 Å². The van der Waals surface area contributed by atoms with Crippen molar-refractivity contribution in [3.05, 3.63) is 58.4 Å². The van der Waals surface area contributed by atoms with Gasteiger partial charge < -0.3 is 162 Å². The van der Waals surface area contributed by atoms with Crippen molar-refractivity contribution in [1.82, 2.24) is 39.1 Å². The molecule has 0 spiro atoms. The molecular weight excluding hydrogens is 1500 g/mol. The first-order chi connectivity index (χ1) is 52.6. The summed E-state index contributed by atoms with van der Waals surface area (Å²) in [6, 6.07) is 9.09. The molecule has 3 atom stereocenters. The molecule has 2 aliphatic heterocycles. The summed E-state index contributed by atoms with van der Waals surface area (Å²) in [6.45, 7) is 17.1. The minimum Gasteiger partial charge on any atom is -0.850 e. The van der Waals surface area contributed by atoms with Gasteiger partial charge in [-0.05, 0) is 72.4 Å². The van der Waals surface area contributed by atoms with Crippen molar-refractivity contribution in [1.29, 1.82) is 0 Å². The summed E-state index contributed by atoms with van der Waals surface area (Å²) < 4.78 is 76.2. The van der Waals surface area contributed by atoms with Gasteiger partial charge in [0.05, 0.1) is 51.4 Å². The van der Waals surface area contributed by atoms with E-state index in [0.29, 0.717) is 50.4 Å². The van der Waals surface area contributed by atoms with Crippen LogP contribution in [0.3, 0.4) is 0 Å². The molecule has 0 amide bonds. The minimum absolute atomic E-state index is 0. The van der Waals surface area contributed by atoms with Crippen LogP contribution >= 0.6 is 0 Å². The standard InChI is InChI=1S/C19H34N4O6Si.C10H13N4O.C9H20O5Si.C9H18O3.18CH4O.Na/c1-15-11-19(21-22(15)3)23-16(2)10-17(20-23)12-29-14-18(24)13-28-8-7-9-30(25-4,26-5)27-6;1-7-5-10(12-13(7)3)14-8(2)4-9(6-15)11-14;1-10-15(11-2,12-3)6-4-5-13-7-9-8-14-9;1-2-10-5-3-6-11-7-4-9-8-12-9;18*1-2;/h10-11,18,24H,7-9,12-14H2,1-6H3;4-5H,6H2,1-3H3;9H,4-8H2,1-3H3;9H,2-8H2,1H3;18*2H,1H3;/q;-1;;;;;;;;;;;;;;;;;;;;;+1. The number of hydrogen-bond donors (Lipinski definition) is 19. The van der Waals surface area contributed by atoms with E-state index >= 15 is 0 Å². The number of epoxide rings is 2. The maximum absolute atomic E-state index is 10.7. The second-order valence-corrected chi connectivity index (χ2v) is 23.2. The number of nitrogens with zero attached hydrogens (tertiary/aromatic N) is 8. The van der Waals surface area contributed by atoms with Crippen molar-refractivity contribution in [2.24, 2.45) is 14.1 Å². The third-order valence-corrected chi connectivity index (χ3v) is 17.1. The van der Waals surface area contributed by atoms with Crippen molar-refractivity contribution >= 4 is 17.6 Å². The largest absolute Gasteiger partial charge is 1.00 e. The molecule has 0 bridgehead atoms. The first kappa shape index (κ1) is 147. The topological polar surface area (TPSA) is 605 Å². The van der Waals surface area contributed by atoms with Crippen LogP contribution in [0.4, 0.5) is 0 Å². The summed E-state index contributed by atoms with van der Waals surface area (Å²) >= 11 is 0. The van der Waals surface area contributed by atoms with Gasteiger partial charge in [0.2, 0.25) is 0 Å². The summed E-state index contributed by atoms with van der Waals surface area (Å²) in [4.78, 5) is 0. The number of hydrogen-bond acceptors (Lipinski definition) is 37. The van der Waals surface area contributed by atoms with Crippen LogP contribution < -0.4 is 34.7 Å². The summed E-state index contributed by atoms with van der Waals surface area (Å²) in [5.41, 5.74) is 5.35. The number of aliphatic hydroxyl groups is 19. The van der Waals surface area contributed by atoms with Crippen LogP contribution in [0, 0.1) is 27.7 Å². The molecule has 3 unspecified atom stereocenters. The van der Waals surface area contributed by atoms with E-state index in [4.69, 9.17) is 152 Å². The molecule has 0 radical (unpaired) electrons. The molecule has 2 saturated heterocycles. The molecule has 44 heteroatoms. The first-order valence-corrected chi connectivity index (χ1v) is 36.4. The third-order valence-electron chi connectivity index (χ3n) is 11.4. The van der Waals surface area contributed by atoms with Crippen molar-refractivity contribution in [3.63, 3.8) is 0 Å². The fraction of sp³-hybridized carbons (Fsp3) is 0.815. The van der Waals surface area contributed by atoms with Crippen LogP contribution in [0.5, 0.6) is 0 Å². The number of aromatic nitrogens is 8. The van der Waals surface area contributed by atoms with Crippen LogP contribution in [0.1, 0.15) is 66.8 Å². The Morgan fingerprint density at radius 3 is 1.01 bits per heavy atom. The molecule has 6 heterocycles. The maximum Gasteiger partial charge on any atom is 1.00 e. The molecule has 4 aromatic rings. The second-order valence-electron chi connectivity index (χ2n) is 17.0. The predicted molar refractivity (Wildman–Crippen MR) is 416 cm³/mol. The molecule has 109 heavy (non-hydrogen) atoms. The van der Waals surface area contributed by atoms with Gasteiger partial charge >= 0.3 is 47.2 Å².